The molecule has 2 heteroatoms. The third-order valence-corrected chi connectivity index (χ3v) is 3.75. The fourth-order valence-corrected chi connectivity index (χ4v) is 2.88. The van der Waals surface area contributed by atoms with Crippen LogP contribution in [0.25, 0.3) is 0 Å². The number of alkyl halides is 1. The summed E-state index contributed by atoms with van der Waals surface area (Å²) in [6.45, 7) is 0. The molecular weight excluding hydrogens is 208 g/mol. The molecule has 1 aliphatic rings. The Morgan fingerprint density at radius 2 is 2.07 bits per heavy atom. The second-order valence-electron chi connectivity index (χ2n) is 4.27. The third-order valence-electron chi connectivity index (χ3n) is 3.56. The molecule has 0 aromatic heterocycles. The van der Waals surface area contributed by atoms with Gasteiger partial charge in [0.15, 0.2) is 0 Å². The number of ether oxygens (including phenoxy) is 1. The van der Waals surface area contributed by atoms with Crippen molar-refractivity contribution in [3.05, 3.63) is 29.8 Å². The van der Waals surface area contributed by atoms with Crippen LogP contribution in [0, 0.1) is 0 Å². The Kier molecular flexibility index (Phi) is 3.20. The van der Waals surface area contributed by atoms with Crippen LogP contribution in [-0.2, 0) is 5.41 Å². The van der Waals surface area contributed by atoms with Crippen molar-refractivity contribution in [2.45, 2.75) is 31.1 Å². The Bertz CT molecular complexity index is 331. The van der Waals surface area contributed by atoms with Gasteiger partial charge in [0.1, 0.15) is 5.75 Å². The first-order chi connectivity index (χ1) is 7.32. The lowest BCUT2D eigenvalue weighted by Crippen LogP contribution is -2.35. The van der Waals surface area contributed by atoms with Gasteiger partial charge in [-0.2, -0.15) is 0 Å². The highest BCUT2D eigenvalue weighted by Crippen LogP contribution is 2.49. The van der Waals surface area contributed by atoms with Crippen LogP contribution in [0.1, 0.15) is 31.2 Å². The van der Waals surface area contributed by atoms with E-state index in [1.54, 1.807) is 7.11 Å². The van der Waals surface area contributed by atoms with E-state index in [0.29, 0.717) is 5.41 Å². The molecule has 1 fully saturated rings. The molecule has 0 saturated heterocycles. The fraction of sp³-hybridized carbons (Fsp3) is 0.538. The summed E-state index contributed by atoms with van der Waals surface area (Å²) in [6.07, 6.45) is 4.88. The monoisotopic (exact) mass is 224 g/mol. The van der Waals surface area contributed by atoms with Crippen molar-refractivity contribution in [1.82, 2.24) is 0 Å². The van der Waals surface area contributed by atoms with E-state index in [0.717, 1.165) is 18.1 Å². The van der Waals surface area contributed by atoms with Crippen LogP contribution in [0.5, 0.6) is 5.75 Å². The van der Waals surface area contributed by atoms with Gasteiger partial charge in [-0.3, -0.25) is 0 Å². The smallest absolute Gasteiger partial charge is 0.122 e. The highest BCUT2D eigenvalue weighted by atomic mass is 35.5. The van der Waals surface area contributed by atoms with Crippen molar-refractivity contribution >= 4 is 11.6 Å². The summed E-state index contributed by atoms with van der Waals surface area (Å²) < 4.78 is 5.43. The number of halogens is 1. The standard InChI is InChI=1S/C13H17ClO/c1-15-12-6-3-2-5-11(12)13(9-10-14)7-4-8-13/h2-3,5-6H,4,7-10H2,1H3. The van der Waals surface area contributed by atoms with Gasteiger partial charge in [-0.05, 0) is 25.3 Å². The minimum atomic E-state index is 0.300. The Morgan fingerprint density at radius 3 is 2.60 bits per heavy atom. The average Bonchev–Trinajstić information content (AvgIpc) is 2.23. The van der Waals surface area contributed by atoms with Crippen LogP contribution in [0.4, 0.5) is 0 Å². The van der Waals surface area contributed by atoms with Crippen molar-refractivity contribution in [2.24, 2.45) is 0 Å². The van der Waals surface area contributed by atoms with Gasteiger partial charge in [0, 0.05) is 16.9 Å². The highest BCUT2D eigenvalue weighted by molar-refractivity contribution is 6.17. The lowest BCUT2D eigenvalue weighted by atomic mass is 9.62. The molecule has 0 heterocycles. The zero-order valence-electron chi connectivity index (χ0n) is 9.13. The van der Waals surface area contributed by atoms with E-state index in [1.165, 1.54) is 24.8 Å². The first kappa shape index (κ1) is 10.8. The molecule has 1 aromatic rings. The second kappa shape index (κ2) is 4.44. The molecule has 2 rings (SSSR count). The predicted molar refractivity (Wildman–Crippen MR) is 63.9 cm³/mol. The molecule has 0 aliphatic heterocycles. The Hall–Kier alpha value is -0.690. The molecular formula is C13H17ClO. The maximum atomic E-state index is 5.90. The van der Waals surface area contributed by atoms with Gasteiger partial charge in [-0.15, -0.1) is 11.6 Å². The molecule has 0 N–H and O–H groups in total. The van der Waals surface area contributed by atoms with Crippen molar-refractivity contribution in [1.29, 1.82) is 0 Å². The van der Waals surface area contributed by atoms with Gasteiger partial charge in [-0.1, -0.05) is 24.6 Å². The molecule has 0 bridgehead atoms. The molecule has 82 valence electrons. The number of benzene rings is 1. The van der Waals surface area contributed by atoms with Crippen molar-refractivity contribution < 1.29 is 4.74 Å². The number of para-hydroxylation sites is 1. The van der Waals surface area contributed by atoms with Gasteiger partial charge in [0.2, 0.25) is 0 Å². The summed E-state index contributed by atoms with van der Waals surface area (Å²) in [7, 11) is 1.74. The molecule has 0 spiro atoms. The average molecular weight is 225 g/mol. The number of methoxy groups -OCH3 is 1. The van der Waals surface area contributed by atoms with Gasteiger partial charge in [0.05, 0.1) is 7.11 Å². The van der Waals surface area contributed by atoms with E-state index in [2.05, 4.69) is 12.1 Å². The van der Waals surface area contributed by atoms with E-state index < -0.39 is 0 Å². The summed E-state index contributed by atoms with van der Waals surface area (Å²) in [6, 6.07) is 8.34. The lowest BCUT2D eigenvalue weighted by Gasteiger charge is -2.42. The van der Waals surface area contributed by atoms with Crippen LogP contribution in [0.3, 0.4) is 0 Å². The molecule has 15 heavy (non-hydrogen) atoms. The molecule has 0 atom stereocenters. The van der Waals surface area contributed by atoms with Crippen LogP contribution >= 0.6 is 11.6 Å². The summed E-state index contributed by atoms with van der Waals surface area (Å²) in [4.78, 5) is 0. The molecule has 0 unspecified atom stereocenters. The van der Waals surface area contributed by atoms with Gasteiger partial charge in [0.25, 0.3) is 0 Å². The number of hydrogen-bond acceptors (Lipinski definition) is 1. The third kappa shape index (κ3) is 1.85. The van der Waals surface area contributed by atoms with Crippen LogP contribution < -0.4 is 4.74 Å². The lowest BCUT2D eigenvalue weighted by molar-refractivity contribution is 0.228. The molecule has 1 aliphatic carbocycles. The van der Waals surface area contributed by atoms with E-state index in [9.17, 15) is 0 Å². The molecule has 1 saturated carbocycles. The summed E-state index contributed by atoms with van der Waals surface area (Å²) in [5.41, 5.74) is 1.65. The van der Waals surface area contributed by atoms with E-state index in [4.69, 9.17) is 16.3 Å². The maximum Gasteiger partial charge on any atom is 0.122 e. The predicted octanol–water partition coefficient (Wildman–Crippen LogP) is 3.75. The molecule has 1 aromatic carbocycles. The Labute approximate surface area is 96.4 Å². The zero-order valence-corrected chi connectivity index (χ0v) is 9.89. The van der Waals surface area contributed by atoms with Crippen LogP contribution in [-0.4, -0.2) is 13.0 Å². The summed E-state index contributed by atoms with van der Waals surface area (Å²) in [5.74, 6) is 1.75. The normalized spacial score (nSPS) is 18.3. The number of hydrogen-bond donors (Lipinski definition) is 0. The van der Waals surface area contributed by atoms with Crippen molar-refractivity contribution in [3.63, 3.8) is 0 Å². The van der Waals surface area contributed by atoms with Gasteiger partial charge >= 0.3 is 0 Å². The SMILES string of the molecule is COc1ccccc1C1(CCCl)CCC1. The van der Waals surface area contributed by atoms with Crippen LogP contribution in [0.2, 0.25) is 0 Å². The second-order valence-corrected chi connectivity index (χ2v) is 4.65. The number of rotatable bonds is 4. The first-order valence-electron chi connectivity index (χ1n) is 5.52. The topological polar surface area (TPSA) is 9.23 Å². The molecule has 1 nitrogen and oxygen atoms in total. The summed E-state index contributed by atoms with van der Waals surface area (Å²) in [5, 5.41) is 0. The largest absolute Gasteiger partial charge is 0.496 e. The minimum Gasteiger partial charge on any atom is -0.496 e. The highest BCUT2D eigenvalue weighted by Gasteiger charge is 2.39. The minimum absolute atomic E-state index is 0.300. The van der Waals surface area contributed by atoms with Crippen LogP contribution in [0.15, 0.2) is 24.3 Å². The quantitative estimate of drug-likeness (QED) is 0.708. The van der Waals surface area contributed by atoms with E-state index >= 15 is 0 Å². The van der Waals surface area contributed by atoms with Gasteiger partial charge in [-0.25, -0.2) is 0 Å². The van der Waals surface area contributed by atoms with E-state index in [-0.39, 0.29) is 0 Å². The Balaban J connectivity index is 2.33. The maximum absolute atomic E-state index is 5.90. The Morgan fingerprint density at radius 1 is 1.33 bits per heavy atom. The van der Waals surface area contributed by atoms with E-state index in [1.807, 2.05) is 12.1 Å². The van der Waals surface area contributed by atoms with Crippen molar-refractivity contribution in [3.8, 4) is 5.75 Å². The molecule has 0 amide bonds. The summed E-state index contributed by atoms with van der Waals surface area (Å²) >= 11 is 5.90. The fourth-order valence-electron chi connectivity index (χ4n) is 2.52. The van der Waals surface area contributed by atoms with Crippen molar-refractivity contribution in [2.75, 3.05) is 13.0 Å². The van der Waals surface area contributed by atoms with Gasteiger partial charge < -0.3 is 4.74 Å². The first-order valence-corrected chi connectivity index (χ1v) is 6.05. The zero-order chi connectivity index (χ0) is 10.7. The molecule has 0 radical (unpaired) electrons.